The summed E-state index contributed by atoms with van der Waals surface area (Å²) in [4.78, 5) is 0. The fraction of sp³-hybridized carbons (Fsp3) is 0.200. The van der Waals surface area contributed by atoms with Crippen LogP contribution in [0, 0.1) is 10.5 Å². The fourth-order valence-corrected chi connectivity index (χ4v) is 3.44. The lowest BCUT2D eigenvalue weighted by atomic mass is 10.2. The number of halogens is 1. The molecule has 1 aromatic heterocycles. The predicted molar refractivity (Wildman–Crippen MR) is 65.8 cm³/mol. The lowest BCUT2D eigenvalue weighted by Crippen LogP contribution is -1.85. The molecule has 1 aromatic carbocycles. The number of methoxy groups -OCH3 is 1. The van der Waals surface area contributed by atoms with E-state index in [0.29, 0.717) is 0 Å². The molecule has 0 spiro atoms. The third kappa shape index (κ3) is 1.55. The van der Waals surface area contributed by atoms with E-state index >= 15 is 0 Å². The van der Waals surface area contributed by atoms with Crippen molar-refractivity contribution in [1.82, 2.24) is 0 Å². The minimum Gasteiger partial charge on any atom is -0.496 e. The Morgan fingerprint density at radius 2 is 2.15 bits per heavy atom. The number of aryl methyl sites for hydroxylation is 1. The van der Waals surface area contributed by atoms with Gasteiger partial charge in [-0.3, -0.25) is 0 Å². The van der Waals surface area contributed by atoms with Crippen molar-refractivity contribution in [2.45, 2.75) is 6.92 Å². The molecule has 0 radical (unpaired) electrons. The Hall–Kier alpha value is -0.290. The molecule has 1 nitrogen and oxygen atoms in total. The second-order valence-corrected chi connectivity index (χ2v) is 5.00. The van der Waals surface area contributed by atoms with E-state index < -0.39 is 0 Å². The molecule has 3 heteroatoms. The highest BCUT2D eigenvalue weighted by molar-refractivity contribution is 14.1. The summed E-state index contributed by atoms with van der Waals surface area (Å²) in [5.74, 6) is 0.987. The van der Waals surface area contributed by atoms with Gasteiger partial charge in [-0.1, -0.05) is 0 Å². The smallest absolute Gasteiger partial charge is 0.128 e. The molecular formula is C10H9IOS. The van der Waals surface area contributed by atoms with Crippen LogP contribution in [0.3, 0.4) is 0 Å². The summed E-state index contributed by atoms with van der Waals surface area (Å²) in [6, 6.07) is 4.28. The van der Waals surface area contributed by atoms with Crippen molar-refractivity contribution in [3.63, 3.8) is 0 Å². The largest absolute Gasteiger partial charge is 0.496 e. The van der Waals surface area contributed by atoms with Gasteiger partial charge in [0.2, 0.25) is 0 Å². The number of rotatable bonds is 1. The van der Waals surface area contributed by atoms with Crippen LogP contribution >= 0.6 is 33.9 Å². The van der Waals surface area contributed by atoms with Crippen molar-refractivity contribution in [3.8, 4) is 5.75 Å². The molecule has 0 aliphatic rings. The maximum absolute atomic E-state index is 5.35. The van der Waals surface area contributed by atoms with Crippen LogP contribution in [-0.4, -0.2) is 7.11 Å². The highest BCUT2D eigenvalue weighted by atomic mass is 127. The van der Waals surface area contributed by atoms with Gasteiger partial charge in [0.15, 0.2) is 0 Å². The van der Waals surface area contributed by atoms with Crippen LogP contribution in [-0.2, 0) is 0 Å². The van der Waals surface area contributed by atoms with Crippen LogP contribution in [0.1, 0.15) is 5.56 Å². The average Bonchev–Trinajstić information content (AvgIpc) is 2.46. The first-order valence-corrected chi connectivity index (χ1v) is 5.89. The van der Waals surface area contributed by atoms with Crippen molar-refractivity contribution in [2.75, 3.05) is 7.11 Å². The molecule has 13 heavy (non-hydrogen) atoms. The van der Waals surface area contributed by atoms with Crippen molar-refractivity contribution in [1.29, 1.82) is 0 Å². The van der Waals surface area contributed by atoms with Gasteiger partial charge in [-0.25, -0.2) is 0 Å². The van der Waals surface area contributed by atoms with Crippen LogP contribution in [0.15, 0.2) is 17.5 Å². The molecule has 0 aliphatic carbocycles. The Bertz CT molecular complexity index is 447. The molecule has 0 bridgehead atoms. The first-order valence-electron chi connectivity index (χ1n) is 3.93. The Morgan fingerprint density at radius 3 is 2.85 bits per heavy atom. The van der Waals surface area contributed by atoms with Gasteiger partial charge in [-0.15, -0.1) is 11.3 Å². The summed E-state index contributed by atoms with van der Waals surface area (Å²) >= 11 is 4.11. The number of fused-ring (bicyclic) bond motifs is 1. The summed E-state index contributed by atoms with van der Waals surface area (Å²) in [6.45, 7) is 2.09. The maximum atomic E-state index is 5.35. The molecule has 0 atom stereocenters. The van der Waals surface area contributed by atoms with E-state index in [-0.39, 0.29) is 0 Å². The number of benzene rings is 1. The molecule has 0 unspecified atom stereocenters. The Morgan fingerprint density at radius 1 is 1.38 bits per heavy atom. The molecule has 68 valence electrons. The molecule has 0 amide bonds. The topological polar surface area (TPSA) is 9.23 Å². The van der Waals surface area contributed by atoms with E-state index in [1.165, 1.54) is 19.2 Å². The molecule has 0 fully saturated rings. The normalized spacial score (nSPS) is 10.7. The molecule has 1 heterocycles. The minimum absolute atomic E-state index is 0.987. The van der Waals surface area contributed by atoms with E-state index in [0.717, 1.165) is 5.75 Å². The molecule has 2 rings (SSSR count). The number of hydrogen-bond acceptors (Lipinski definition) is 2. The van der Waals surface area contributed by atoms with E-state index in [9.17, 15) is 0 Å². The lowest BCUT2D eigenvalue weighted by molar-refractivity contribution is 0.419. The van der Waals surface area contributed by atoms with Crippen LogP contribution < -0.4 is 4.74 Å². The van der Waals surface area contributed by atoms with Crippen molar-refractivity contribution < 1.29 is 4.74 Å². The quantitative estimate of drug-likeness (QED) is 0.728. The second-order valence-electron chi connectivity index (χ2n) is 2.92. The Kier molecular flexibility index (Phi) is 2.47. The summed E-state index contributed by atoms with van der Waals surface area (Å²) in [6.07, 6.45) is 0. The van der Waals surface area contributed by atoms with E-state index in [1.54, 1.807) is 18.4 Å². The second kappa shape index (κ2) is 3.46. The van der Waals surface area contributed by atoms with Crippen LogP contribution in [0.2, 0.25) is 0 Å². The highest BCUT2D eigenvalue weighted by Crippen LogP contribution is 2.35. The van der Waals surface area contributed by atoms with Crippen LogP contribution in [0.5, 0.6) is 5.75 Å². The zero-order valence-electron chi connectivity index (χ0n) is 7.43. The molecule has 0 saturated carbocycles. The van der Waals surface area contributed by atoms with E-state index in [4.69, 9.17) is 4.74 Å². The third-order valence-corrected chi connectivity index (χ3v) is 4.16. The zero-order chi connectivity index (χ0) is 9.42. The molecular weight excluding hydrogens is 295 g/mol. The number of thiophene rings is 1. The van der Waals surface area contributed by atoms with Gasteiger partial charge in [-0.2, -0.15) is 0 Å². The summed E-state index contributed by atoms with van der Waals surface area (Å²) in [5.41, 5.74) is 1.25. The zero-order valence-corrected chi connectivity index (χ0v) is 10.4. The van der Waals surface area contributed by atoms with E-state index in [1.807, 2.05) is 0 Å². The standard InChI is InChI=1S/C10H9IOS/c1-6-3-8(12-2)10-7(11)5-13-9(10)4-6/h3-5H,1-2H3. The summed E-state index contributed by atoms with van der Waals surface area (Å²) in [7, 11) is 1.72. The molecule has 2 aromatic rings. The lowest BCUT2D eigenvalue weighted by Gasteiger charge is -2.03. The Labute approximate surface area is 94.9 Å². The van der Waals surface area contributed by atoms with Gasteiger partial charge in [0.1, 0.15) is 5.75 Å². The van der Waals surface area contributed by atoms with Crippen molar-refractivity contribution >= 4 is 44.0 Å². The van der Waals surface area contributed by atoms with Crippen molar-refractivity contribution in [3.05, 3.63) is 26.6 Å². The third-order valence-electron chi connectivity index (χ3n) is 1.96. The van der Waals surface area contributed by atoms with Crippen molar-refractivity contribution in [2.24, 2.45) is 0 Å². The van der Waals surface area contributed by atoms with Crippen LogP contribution in [0.25, 0.3) is 10.1 Å². The van der Waals surface area contributed by atoms with Gasteiger partial charge >= 0.3 is 0 Å². The van der Waals surface area contributed by atoms with Gasteiger partial charge in [0.05, 0.1) is 7.11 Å². The average molecular weight is 304 g/mol. The van der Waals surface area contributed by atoms with Gasteiger partial charge in [0, 0.05) is 19.0 Å². The summed E-state index contributed by atoms with van der Waals surface area (Å²) in [5, 5.41) is 3.41. The highest BCUT2D eigenvalue weighted by Gasteiger charge is 2.07. The fourth-order valence-electron chi connectivity index (χ4n) is 1.38. The maximum Gasteiger partial charge on any atom is 0.128 e. The number of hydrogen-bond donors (Lipinski definition) is 0. The molecule has 0 saturated heterocycles. The predicted octanol–water partition coefficient (Wildman–Crippen LogP) is 3.82. The number of ether oxygens (including phenoxy) is 1. The summed E-state index contributed by atoms with van der Waals surface area (Å²) < 4.78 is 7.93. The molecule has 0 aliphatic heterocycles. The first kappa shape index (κ1) is 9.27. The van der Waals surface area contributed by atoms with Crippen LogP contribution in [0.4, 0.5) is 0 Å². The minimum atomic E-state index is 0.987. The Balaban J connectivity index is 2.85. The van der Waals surface area contributed by atoms with E-state index in [2.05, 4.69) is 47.0 Å². The van der Waals surface area contributed by atoms with Gasteiger partial charge in [-0.05, 0) is 47.2 Å². The monoisotopic (exact) mass is 304 g/mol. The van der Waals surface area contributed by atoms with Gasteiger partial charge < -0.3 is 4.74 Å². The van der Waals surface area contributed by atoms with Gasteiger partial charge in [0.25, 0.3) is 0 Å². The molecule has 0 N–H and O–H groups in total. The first-order chi connectivity index (χ1) is 6.22. The SMILES string of the molecule is COc1cc(C)cc2scc(I)c12.